The lowest BCUT2D eigenvalue weighted by atomic mass is 9.84. The zero-order chi connectivity index (χ0) is 22.6. The van der Waals surface area contributed by atoms with Gasteiger partial charge in [0.25, 0.3) is 0 Å². The molecule has 0 saturated carbocycles. The van der Waals surface area contributed by atoms with E-state index in [2.05, 4.69) is 64.8 Å². The van der Waals surface area contributed by atoms with E-state index < -0.39 is 0 Å². The lowest BCUT2D eigenvalue weighted by Crippen LogP contribution is -2.06. The van der Waals surface area contributed by atoms with E-state index in [1.165, 1.54) is 0 Å². The van der Waals surface area contributed by atoms with E-state index in [0.29, 0.717) is 6.42 Å². The average Bonchev–Trinajstić information content (AvgIpc) is 3.28. The SMILES string of the molecule is COc1ccc([C](c2ccccc2)c2ccc(OC)c(Cc3n[nH]c4ccccc34)c2)cc1. The molecule has 0 bridgehead atoms. The van der Waals surface area contributed by atoms with Crippen LogP contribution in [-0.2, 0) is 6.42 Å². The summed E-state index contributed by atoms with van der Waals surface area (Å²) in [5, 5.41) is 8.84. The van der Waals surface area contributed by atoms with Crippen molar-refractivity contribution in [2.75, 3.05) is 14.2 Å². The molecule has 1 aromatic heterocycles. The van der Waals surface area contributed by atoms with Gasteiger partial charge in [-0.1, -0.05) is 72.8 Å². The number of rotatable bonds is 7. The standard InChI is InChI=1S/C29H25N2O2/c1-32-24-15-12-21(13-16-24)29(20-8-4-3-5-9-20)22-14-17-28(33-2)23(18-22)19-27-25-10-6-7-11-26(25)30-31-27/h3-18H,19H2,1-2H3,(H,30,31). The zero-order valence-corrected chi connectivity index (χ0v) is 18.7. The Kier molecular flexibility index (Phi) is 5.81. The fraction of sp³-hybridized carbons (Fsp3) is 0.103. The third-order valence-corrected chi connectivity index (χ3v) is 5.92. The fourth-order valence-corrected chi connectivity index (χ4v) is 4.27. The largest absolute Gasteiger partial charge is 0.497 e. The van der Waals surface area contributed by atoms with Crippen LogP contribution >= 0.6 is 0 Å². The first kappa shape index (κ1) is 20.8. The number of nitrogens with zero attached hydrogens (tertiary/aromatic N) is 1. The third kappa shape index (κ3) is 4.20. The topological polar surface area (TPSA) is 47.1 Å². The van der Waals surface area contributed by atoms with Crippen LogP contribution in [0.4, 0.5) is 0 Å². The van der Waals surface area contributed by atoms with E-state index in [1.54, 1.807) is 14.2 Å². The summed E-state index contributed by atoms with van der Waals surface area (Å²) in [6.45, 7) is 0. The Hall–Kier alpha value is -4.05. The van der Waals surface area contributed by atoms with Gasteiger partial charge in [-0.2, -0.15) is 5.10 Å². The van der Waals surface area contributed by atoms with E-state index in [1.807, 2.05) is 42.5 Å². The number of hydrogen-bond acceptors (Lipinski definition) is 3. The molecule has 0 aliphatic carbocycles. The third-order valence-electron chi connectivity index (χ3n) is 5.92. The molecule has 0 spiro atoms. The summed E-state index contributed by atoms with van der Waals surface area (Å²) < 4.78 is 11.1. The van der Waals surface area contributed by atoms with E-state index in [0.717, 1.165) is 56.3 Å². The number of methoxy groups -OCH3 is 2. The minimum absolute atomic E-state index is 0.672. The van der Waals surface area contributed by atoms with Crippen LogP contribution < -0.4 is 9.47 Å². The highest BCUT2D eigenvalue weighted by Gasteiger charge is 2.20. The Morgan fingerprint density at radius 1 is 0.727 bits per heavy atom. The molecule has 1 heterocycles. The van der Waals surface area contributed by atoms with Crippen molar-refractivity contribution in [3.63, 3.8) is 0 Å². The number of nitrogens with one attached hydrogen (secondary N) is 1. The molecule has 5 rings (SSSR count). The van der Waals surface area contributed by atoms with E-state index in [4.69, 9.17) is 9.47 Å². The minimum Gasteiger partial charge on any atom is -0.497 e. The molecule has 4 heteroatoms. The van der Waals surface area contributed by atoms with Gasteiger partial charge in [-0.05, 0) is 41.0 Å². The predicted molar refractivity (Wildman–Crippen MR) is 132 cm³/mol. The van der Waals surface area contributed by atoms with Crippen molar-refractivity contribution in [2.24, 2.45) is 0 Å². The second-order valence-corrected chi connectivity index (χ2v) is 7.89. The lowest BCUT2D eigenvalue weighted by Gasteiger charge is -2.20. The maximum atomic E-state index is 5.72. The number of aromatic nitrogens is 2. The number of hydrogen-bond donors (Lipinski definition) is 1. The molecule has 163 valence electrons. The Morgan fingerprint density at radius 2 is 1.42 bits per heavy atom. The van der Waals surface area contributed by atoms with Crippen molar-refractivity contribution in [2.45, 2.75) is 6.42 Å². The molecule has 0 atom stereocenters. The van der Waals surface area contributed by atoms with Crippen LogP contribution in [0.25, 0.3) is 10.9 Å². The van der Waals surface area contributed by atoms with Crippen molar-refractivity contribution in [1.82, 2.24) is 10.2 Å². The van der Waals surface area contributed by atoms with Gasteiger partial charge in [0.05, 0.1) is 31.3 Å². The second-order valence-electron chi connectivity index (χ2n) is 7.89. The second kappa shape index (κ2) is 9.21. The summed E-state index contributed by atoms with van der Waals surface area (Å²) >= 11 is 0. The first-order valence-corrected chi connectivity index (χ1v) is 10.9. The number of aromatic amines is 1. The Balaban J connectivity index is 1.59. The molecule has 33 heavy (non-hydrogen) atoms. The molecule has 0 fully saturated rings. The Morgan fingerprint density at radius 3 is 2.18 bits per heavy atom. The number of para-hydroxylation sites is 1. The van der Waals surface area contributed by atoms with Gasteiger partial charge in [-0.3, -0.25) is 5.10 Å². The van der Waals surface area contributed by atoms with Crippen molar-refractivity contribution in [3.05, 3.63) is 131 Å². The summed E-state index contributed by atoms with van der Waals surface area (Å²) in [6.07, 6.45) is 0.672. The van der Waals surface area contributed by atoms with Gasteiger partial charge >= 0.3 is 0 Å². The van der Waals surface area contributed by atoms with Gasteiger partial charge in [-0.25, -0.2) is 0 Å². The molecule has 0 amide bonds. The van der Waals surface area contributed by atoms with Gasteiger partial charge in [0.15, 0.2) is 0 Å². The molecule has 0 unspecified atom stereocenters. The van der Waals surface area contributed by atoms with Crippen molar-refractivity contribution >= 4 is 10.9 Å². The Bertz CT molecular complexity index is 1360. The maximum absolute atomic E-state index is 5.72. The van der Waals surface area contributed by atoms with E-state index in [-0.39, 0.29) is 0 Å². The summed E-state index contributed by atoms with van der Waals surface area (Å²) in [5.41, 5.74) is 6.55. The van der Waals surface area contributed by atoms with Crippen LogP contribution in [-0.4, -0.2) is 24.4 Å². The van der Waals surface area contributed by atoms with E-state index in [9.17, 15) is 0 Å². The van der Waals surface area contributed by atoms with Crippen molar-refractivity contribution in [3.8, 4) is 11.5 Å². The van der Waals surface area contributed by atoms with Crippen LogP contribution in [0.15, 0.2) is 97.1 Å². The van der Waals surface area contributed by atoms with Crippen molar-refractivity contribution in [1.29, 1.82) is 0 Å². The number of ether oxygens (including phenoxy) is 2. The quantitative estimate of drug-likeness (QED) is 0.311. The number of H-pyrrole nitrogens is 1. The Labute approximate surface area is 193 Å². The van der Waals surface area contributed by atoms with Crippen LogP contribution in [0.1, 0.15) is 27.9 Å². The molecular formula is C29H25N2O2. The summed E-state index contributed by atoms with van der Waals surface area (Å²) in [5.74, 6) is 2.86. The monoisotopic (exact) mass is 433 g/mol. The predicted octanol–water partition coefficient (Wildman–Crippen LogP) is 6.19. The molecule has 1 N–H and O–H groups in total. The van der Waals surface area contributed by atoms with Gasteiger partial charge in [0.2, 0.25) is 0 Å². The lowest BCUT2D eigenvalue weighted by molar-refractivity contribution is 0.410. The molecule has 5 aromatic rings. The van der Waals surface area contributed by atoms with Gasteiger partial charge < -0.3 is 9.47 Å². The smallest absolute Gasteiger partial charge is 0.122 e. The van der Waals surface area contributed by atoms with Crippen molar-refractivity contribution < 1.29 is 9.47 Å². The minimum atomic E-state index is 0.672. The van der Waals surface area contributed by atoms with Crippen LogP contribution in [0, 0.1) is 5.92 Å². The summed E-state index contributed by atoms with van der Waals surface area (Å²) in [4.78, 5) is 0. The first-order chi connectivity index (χ1) is 16.3. The highest BCUT2D eigenvalue weighted by Crippen LogP contribution is 2.35. The molecule has 0 saturated heterocycles. The van der Waals surface area contributed by atoms with Gasteiger partial charge in [0.1, 0.15) is 11.5 Å². The highest BCUT2D eigenvalue weighted by molar-refractivity contribution is 5.81. The van der Waals surface area contributed by atoms with Crippen LogP contribution in [0.2, 0.25) is 0 Å². The molecule has 4 nitrogen and oxygen atoms in total. The molecular weight excluding hydrogens is 408 g/mol. The first-order valence-electron chi connectivity index (χ1n) is 10.9. The van der Waals surface area contributed by atoms with Gasteiger partial charge in [0, 0.05) is 17.4 Å². The molecule has 1 radical (unpaired) electrons. The fourth-order valence-electron chi connectivity index (χ4n) is 4.27. The molecule has 0 aliphatic heterocycles. The number of benzene rings is 4. The van der Waals surface area contributed by atoms with Gasteiger partial charge in [-0.15, -0.1) is 0 Å². The zero-order valence-electron chi connectivity index (χ0n) is 18.7. The highest BCUT2D eigenvalue weighted by atomic mass is 16.5. The normalized spacial score (nSPS) is 11.1. The molecule has 4 aromatic carbocycles. The summed E-state index contributed by atoms with van der Waals surface area (Å²) in [6, 6.07) is 33.3. The summed E-state index contributed by atoms with van der Waals surface area (Å²) in [7, 11) is 3.40. The van der Waals surface area contributed by atoms with Crippen LogP contribution in [0.3, 0.4) is 0 Å². The van der Waals surface area contributed by atoms with E-state index >= 15 is 0 Å². The molecule has 0 aliphatic rings. The maximum Gasteiger partial charge on any atom is 0.122 e. The average molecular weight is 434 g/mol. The number of fused-ring (bicyclic) bond motifs is 1. The van der Waals surface area contributed by atoms with Crippen LogP contribution in [0.5, 0.6) is 11.5 Å².